The maximum atomic E-state index is 5.24. The van der Waals surface area contributed by atoms with E-state index in [0.29, 0.717) is 18.6 Å². The van der Waals surface area contributed by atoms with Crippen LogP contribution in [0.25, 0.3) is 0 Å². The fourth-order valence-electron chi connectivity index (χ4n) is 0.615. The quantitative estimate of drug-likeness (QED) is 0.612. The van der Waals surface area contributed by atoms with E-state index in [1.807, 2.05) is 5.38 Å². The van der Waals surface area contributed by atoms with E-state index < -0.39 is 0 Å². The molecule has 0 amide bonds. The van der Waals surface area contributed by atoms with Crippen molar-refractivity contribution >= 4 is 11.3 Å². The first-order valence-electron chi connectivity index (χ1n) is 3.08. The number of rotatable bonds is 3. The molecule has 1 aromatic heterocycles. The second-order valence-electron chi connectivity index (χ2n) is 2.09. The minimum atomic E-state index is 0.321. The Balaban J connectivity index is 1.79. The SMILES string of the molecule is c1nc(OCC2CO2)cs1. The minimum absolute atomic E-state index is 0.321. The van der Waals surface area contributed by atoms with Crippen LogP contribution in [0.5, 0.6) is 5.88 Å². The summed E-state index contributed by atoms with van der Waals surface area (Å²) in [7, 11) is 0. The Morgan fingerprint density at radius 3 is 3.40 bits per heavy atom. The largest absolute Gasteiger partial charge is 0.474 e. The van der Waals surface area contributed by atoms with Crippen molar-refractivity contribution in [3.63, 3.8) is 0 Å². The molecule has 0 N–H and O–H groups in total. The average molecular weight is 157 g/mol. The Hall–Kier alpha value is -0.610. The maximum absolute atomic E-state index is 5.24. The Bertz CT molecular complexity index is 196. The number of aromatic nitrogens is 1. The molecule has 1 atom stereocenters. The van der Waals surface area contributed by atoms with Gasteiger partial charge in [-0.1, -0.05) is 0 Å². The van der Waals surface area contributed by atoms with Crippen LogP contribution in [0.1, 0.15) is 0 Å². The van der Waals surface area contributed by atoms with Gasteiger partial charge in [0.25, 0.3) is 0 Å². The van der Waals surface area contributed by atoms with Gasteiger partial charge < -0.3 is 9.47 Å². The van der Waals surface area contributed by atoms with Gasteiger partial charge in [-0.2, -0.15) is 0 Å². The van der Waals surface area contributed by atoms with Crippen molar-refractivity contribution in [2.75, 3.05) is 13.2 Å². The predicted octanol–water partition coefficient (Wildman–Crippen LogP) is 0.921. The first-order chi connectivity index (χ1) is 4.95. The second kappa shape index (κ2) is 2.56. The summed E-state index contributed by atoms with van der Waals surface area (Å²) in [6, 6.07) is 0. The molecular formula is C6H7NO2S. The van der Waals surface area contributed by atoms with Crippen molar-refractivity contribution in [2.45, 2.75) is 6.10 Å². The fraction of sp³-hybridized carbons (Fsp3) is 0.500. The highest BCUT2D eigenvalue weighted by Crippen LogP contribution is 2.13. The Morgan fingerprint density at radius 2 is 2.80 bits per heavy atom. The summed E-state index contributed by atoms with van der Waals surface area (Å²) in [5, 5.41) is 1.88. The van der Waals surface area contributed by atoms with Crippen LogP contribution in [-0.4, -0.2) is 24.3 Å². The Morgan fingerprint density at radius 1 is 1.90 bits per heavy atom. The van der Waals surface area contributed by atoms with Gasteiger partial charge in [0.05, 0.1) is 17.5 Å². The van der Waals surface area contributed by atoms with Crippen molar-refractivity contribution in [1.29, 1.82) is 0 Å². The van der Waals surface area contributed by atoms with Gasteiger partial charge in [-0.15, -0.1) is 11.3 Å². The molecule has 0 spiro atoms. The summed E-state index contributed by atoms with van der Waals surface area (Å²) < 4.78 is 10.2. The highest BCUT2D eigenvalue weighted by Gasteiger charge is 2.23. The molecule has 1 saturated heterocycles. The summed E-state index contributed by atoms with van der Waals surface area (Å²) in [6.07, 6.45) is 0.321. The average Bonchev–Trinajstić information content (AvgIpc) is 2.63. The first kappa shape index (κ1) is 6.12. The van der Waals surface area contributed by atoms with Gasteiger partial charge in [0, 0.05) is 0 Å². The summed E-state index contributed by atoms with van der Waals surface area (Å²) >= 11 is 1.53. The van der Waals surface area contributed by atoms with Crippen molar-refractivity contribution in [1.82, 2.24) is 4.98 Å². The van der Waals surface area contributed by atoms with Crippen LogP contribution in [0, 0.1) is 0 Å². The third-order valence-corrected chi connectivity index (χ3v) is 1.79. The summed E-state index contributed by atoms with van der Waals surface area (Å²) in [4.78, 5) is 3.96. The van der Waals surface area contributed by atoms with Gasteiger partial charge in [0.2, 0.25) is 5.88 Å². The molecule has 2 heterocycles. The molecule has 1 aliphatic rings. The minimum Gasteiger partial charge on any atom is -0.474 e. The Kier molecular flexibility index (Phi) is 1.56. The van der Waals surface area contributed by atoms with Crippen LogP contribution in [-0.2, 0) is 4.74 Å². The number of ether oxygens (including phenoxy) is 2. The number of thiazole rings is 1. The van der Waals surface area contributed by atoms with Crippen LogP contribution in [0.2, 0.25) is 0 Å². The monoisotopic (exact) mass is 157 g/mol. The molecule has 0 aliphatic carbocycles. The number of nitrogens with zero attached hydrogens (tertiary/aromatic N) is 1. The van der Waals surface area contributed by atoms with E-state index in [-0.39, 0.29) is 0 Å². The van der Waals surface area contributed by atoms with Crippen molar-refractivity contribution < 1.29 is 9.47 Å². The topological polar surface area (TPSA) is 34.6 Å². The smallest absolute Gasteiger partial charge is 0.224 e. The second-order valence-corrected chi connectivity index (χ2v) is 2.81. The lowest BCUT2D eigenvalue weighted by molar-refractivity contribution is 0.256. The molecule has 0 bridgehead atoms. The fourth-order valence-corrected chi connectivity index (χ4v) is 1.09. The summed E-state index contributed by atoms with van der Waals surface area (Å²) in [6.45, 7) is 1.48. The molecule has 0 radical (unpaired) electrons. The molecule has 10 heavy (non-hydrogen) atoms. The molecule has 0 aromatic carbocycles. The van der Waals surface area contributed by atoms with E-state index in [1.54, 1.807) is 5.51 Å². The molecule has 1 aliphatic heterocycles. The summed E-state index contributed by atoms with van der Waals surface area (Å²) in [5.41, 5.74) is 1.75. The highest BCUT2D eigenvalue weighted by atomic mass is 32.1. The zero-order valence-electron chi connectivity index (χ0n) is 5.32. The van der Waals surface area contributed by atoms with Crippen LogP contribution in [0.4, 0.5) is 0 Å². The van der Waals surface area contributed by atoms with Gasteiger partial charge in [0.15, 0.2) is 0 Å². The lowest BCUT2D eigenvalue weighted by atomic mass is 10.5. The van der Waals surface area contributed by atoms with E-state index in [1.165, 1.54) is 11.3 Å². The van der Waals surface area contributed by atoms with E-state index in [9.17, 15) is 0 Å². The molecule has 54 valence electrons. The lowest BCUT2D eigenvalue weighted by Crippen LogP contribution is -2.03. The first-order valence-corrected chi connectivity index (χ1v) is 4.02. The number of hydrogen-bond donors (Lipinski definition) is 0. The molecule has 1 unspecified atom stereocenters. The predicted molar refractivity (Wildman–Crippen MR) is 37.3 cm³/mol. The molecule has 1 fully saturated rings. The van der Waals surface area contributed by atoms with Crippen molar-refractivity contribution in [3.8, 4) is 5.88 Å². The normalized spacial score (nSPS) is 22.6. The van der Waals surface area contributed by atoms with E-state index in [2.05, 4.69) is 4.98 Å². The summed E-state index contributed by atoms with van der Waals surface area (Å²) in [5.74, 6) is 0.709. The van der Waals surface area contributed by atoms with E-state index in [0.717, 1.165) is 6.61 Å². The molecular weight excluding hydrogens is 150 g/mol. The van der Waals surface area contributed by atoms with E-state index in [4.69, 9.17) is 9.47 Å². The number of hydrogen-bond acceptors (Lipinski definition) is 4. The third kappa shape index (κ3) is 1.46. The van der Waals surface area contributed by atoms with Gasteiger partial charge in [0.1, 0.15) is 12.7 Å². The molecule has 4 heteroatoms. The molecule has 2 rings (SSSR count). The van der Waals surface area contributed by atoms with E-state index >= 15 is 0 Å². The standard InChI is InChI=1S/C6H7NO2S/c1-5(8-1)2-9-6-3-10-4-7-6/h3-5H,1-2H2. The Labute approximate surface area is 62.6 Å². The molecule has 3 nitrogen and oxygen atoms in total. The van der Waals surface area contributed by atoms with Crippen LogP contribution < -0.4 is 4.74 Å². The van der Waals surface area contributed by atoms with Crippen molar-refractivity contribution in [2.24, 2.45) is 0 Å². The van der Waals surface area contributed by atoms with Gasteiger partial charge in [-0.25, -0.2) is 4.98 Å². The molecule has 0 saturated carbocycles. The van der Waals surface area contributed by atoms with Gasteiger partial charge in [-0.05, 0) is 0 Å². The maximum Gasteiger partial charge on any atom is 0.224 e. The highest BCUT2D eigenvalue weighted by molar-refractivity contribution is 7.07. The van der Waals surface area contributed by atoms with Gasteiger partial charge >= 0.3 is 0 Å². The van der Waals surface area contributed by atoms with Crippen LogP contribution >= 0.6 is 11.3 Å². The van der Waals surface area contributed by atoms with Gasteiger partial charge in [-0.3, -0.25) is 0 Å². The lowest BCUT2D eigenvalue weighted by Gasteiger charge is -1.96. The zero-order valence-corrected chi connectivity index (χ0v) is 6.13. The number of epoxide rings is 1. The van der Waals surface area contributed by atoms with Crippen LogP contribution in [0.15, 0.2) is 10.9 Å². The van der Waals surface area contributed by atoms with Crippen LogP contribution in [0.3, 0.4) is 0 Å². The zero-order chi connectivity index (χ0) is 6.81. The molecule has 1 aromatic rings. The third-order valence-electron chi connectivity index (χ3n) is 1.23. The van der Waals surface area contributed by atoms with Crippen molar-refractivity contribution in [3.05, 3.63) is 10.9 Å².